The molecule has 2 amide bonds. The molecule has 1 fully saturated rings. The maximum Gasteiger partial charge on any atom is 0.416 e. The predicted octanol–water partition coefficient (Wildman–Crippen LogP) is 3.51. The summed E-state index contributed by atoms with van der Waals surface area (Å²) < 4.78 is 46.6. The van der Waals surface area contributed by atoms with Gasteiger partial charge in [0.2, 0.25) is 11.3 Å². The number of aromatic nitrogens is 5. The van der Waals surface area contributed by atoms with Crippen LogP contribution < -0.4 is 20.5 Å². The summed E-state index contributed by atoms with van der Waals surface area (Å²) in [6.07, 6.45) is -1.69. The van der Waals surface area contributed by atoms with E-state index in [1.165, 1.54) is 24.5 Å². The highest BCUT2D eigenvalue weighted by Gasteiger charge is 2.36. The zero-order valence-corrected chi connectivity index (χ0v) is 28.6. The molecule has 1 atom stereocenters. The summed E-state index contributed by atoms with van der Waals surface area (Å²) in [5.74, 6) is -1.09. The van der Waals surface area contributed by atoms with E-state index in [9.17, 15) is 32.7 Å². The molecule has 4 aromatic rings. The molecule has 1 aliphatic rings. The Balaban J connectivity index is 1.55. The van der Waals surface area contributed by atoms with Gasteiger partial charge in [0.25, 0.3) is 5.91 Å². The molecular weight excluding hydrogens is 683 g/mol. The minimum atomic E-state index is -4.62. The minimum Gasteiger partial charge on any atom is -0.504 e. The Morgan fingerprint density at radius 2 is 1.92 bits per heavy atom. The van der Waals surface area contributed by atoms with Gasteiger partial charge in [-0.1, -0.05) is 18.5 Å². The molecule has 50 heavy (non-hydrogen) atoms. The molecule has 18 heteroatoms. The summed E-state index contributed by atoms with van der Waals surface area (Å²) >= 11 is 6.10. The number of hydrogen-bond acceptors (Lipinski definition) is 11. The van der Waals surface area contributed by atoms with Crippen LogP contribution in [0.25, 0.3) is 11.2 Å². The zero-order valence-electron chi connectivity index (χ0n) is 27.9. The number of nitrogens with zero attached hydrogens (tertiary/aromatic N) is 8. The number of rotatable bonds is 9. The second kappa shape index (κ2) is 14.4. The van der Waals surface area contributed by atoms with E-state index in [0.29, 0.717) is 11.5 Å². The van der Waals surface area contributed by atoms with Crippen molar-refractivity contribution in [3.8, 4) is 5.75 Å². The van der Waals surface area contributed by atoms with Crippen LogP contribution in [0.5, 0.6) is 5.75 Å². The van der Waals surface area contributed by atoms with Crippen molar-refractivity contribution in [1.29, 1.82) is 0 Å². The van der Waals surface area contributed by atoms with Crippen LogP contribution in [0.2, 0.25) is 5.02 Å². The lowest BCUT2D eigenvalue weighted by Gasteiger charge is -2.42. The lowest BCUT2D eigenvalue weighted by molar-refractivity contribution is -0.137. The second-order valence-corrected chi connectivity index (χ2v) is 12.2. The lowest BCUT2D eigenvalue weighted by Crippen LogP contribution is -2.58. The first kappa shape index (κ1) is 36.3. The number of benzene rings is 1. The van der Waals surface area contributed by atoms with Gasteiger partial charge in [-0.05, 0) is 31.5 Å². The number of hydrogen-bond donors (Lipinski definition) is 2. The number of carbonyl (C=O) groups excluding carboxylic acids is 2. The highest BCUT2D eigenvalue weighted by molar-refractivity contribution is 6.33. The van der Waals surface area contributed by atoms with E-state index in [1.54, 1.807) is 37.4 Å². The molecule has 1 aromatic carbocycles. The van der Waals surface area contributed by atoms with Crippen molar-refractivity contribution in [2.45, 2.75) is 39.0 Å². The molecule has 5 rings (SSSR count). The van der Waals surface area contributed by atoms with Crippen molar-refractivity contribution in [2.75, 3.05) is 62.6 Å². The van der Waals surface area contributed by atoms with Crippen molar-refractivity contribution in [2.24, 2.45) is 0 Å². The number of amides is 2. The number of pyridine rings is 1. The summed E-state index contributed by atoms with van der Waals surface area (Å²) in [6, 6.07) is 2.03. The normalized spacial score (nSPS) is 15.0. The van der Waals surface area contributed by atoms with Crippen molar-refractivity contribution in [1.82, 2.24) is 29.4 Å². The third kappa shape index (κ3) is 7.14. The number of carbonyl (C=O) groups is 2. The molecule has 1 aliphatic heterocycles. The Morgan fingerprint density at radius 1 is 1.18 bits per heavy atom. The van der Waals surface area contributed by atoms with Gasteiger partial charge in [0, 0.05) is 46.5 Å². The van der Waals surface area contributed by atoms with E-state index in [1.807, 2.05) is 4.90 Å². The van der Waals surface area contributed by atoms with Gasteiger partial charge >= 0.3 is 6.18 Å². The topological polar surface area (TPSA) is 159 Å². The van der Waals surface area contributed by atoms with E-state index in [0.717, 1.165) is 18.2 Å². The molecule has 3 aromatic heterocycles. The van der Waals surface area contributed by atoms with E-state index >= 15 is 0 Å². The summed E-state index contributed by atoms with van der Waals surface area (Å²) in [5.41, 5.74) is -0.508. The van der Waals surface area contributed by atoms with Crippen LogP contribution in [-0.2, 0) is 28.7 Å². The first-order chi connectivity index (χ1) is 23.7. The number of aromatic hydroxyl groups is 1. The molecule has 0 saturated carbocycles. The SMILES string of the molecule is CCc1c(N2CCN(C(=O)c3ncnc(C)c3O)[C@@H](COC)C2)c(=O)c2nc(N(C)C)cnc2n1CC(=O)Nc1ccc(C(F)(F)F)cc1Cl. The van der Waals surface area contributed by atoms with Gasteiger partial charge < -0.3 is 34.4 Å². The molecular formula is C32H35ClF3N9O5. The van der Waals surface area contributed by atoms with E-state index < -0.39 is 35.0 Å². The number of ether oxygens (including phenoxy) is 1. The summed E-state index contributed by atoms with van der Waals surface area (Å²) in [7, 11) is 4.95. The van der Waals surface area contributed by atoms with E-state index in [4.69, 9.17) is 16.3 Å². The highest BCUT2D eigenvalue weighted by Crippen LogP contribution is 2.34. The van der Waals surface area contributed by atoms with Gasteiger partial charge in [0.1, 0.15) is 24.4 Å². The van der Waals surface area contributed by atoms with Crippen LogP contribution in [0.1, 0.15) is 34.4 Å². The molecule has 266 valence electrons. The molecule has 1 saturated heterocycles. The number of methoxy groups -OCH3 is 1. The number of nitrogens with one attached hydrogen (secondary N) is 1. The summed E-state index contributed by atoms with van der Waals surface area (Å²) in [6.45, 7) is 3.54. The fraction of sp³-hybridized carbons (Fsp3) is 0.406. The third-order valence-electron chi connectivity index (χ3n) is 8.32. The Bertz CT molecular complexity index is 2010. The van der Waals surface area contributed by atoms with Gasteiger partial charge in [-0.2, -0.15) is 13.2 Å². The average molecular weight is 718 g/mol. The summed E-state index contributed by atoms with van der Waals surface area (Å²) in [5, 5.41) is 12.8. The first-order valence-electron chi connectivity index (χ1n) is 15.5. The van der Waals surface area contributed by atoms with Crippen LogP contribution >= 0.6 is 11.6 Å². The Kier molecular flexibility index (Phi) is 10.5. The van der Waals surface area contributed by atoms with Gasteiger partial charge in [0.05, 0.1) is 40.8 Å². The van der Waals surface area contributed by atoms with E-state index in [2.05, 4.69) is 25.3 Å². The van der Waals surface area contributed by atoms with Gasteiger partial charge in [-0.3, -0.25) is 14.4 Å². The second-order valence-electron chi connectivity index (χ2n) is 11.8. The third-order valence-corrected chi connectivity index (χ3v) is 8.63. The number of aryl methyl sites for hydroxylation is 1. The molecule has 4 heterocycles. The minimum absolute atomic E-state index is 0.00746. The molecule has 14 nitrogen and oxygen atoms in total. The number of fused-ring (bicyclic) bond motifs is 1. The van der Waals surface area contributed by atoms with Crippen LogP contribution in [0.3, 0.4) is 0 Å². The van der Waals surface area contributed by atoms with Gasteiger partial charge in [-0.25, -0.2) is 19.9 Å². The molecule has 0 aliphatic carbocycles. The smallest absolute Gasteiger partial charge is 0.416 e. The van der Waals surface area contributed by atoms with Crippen molar-refractivity contribution < 1.29 is 32.6 Å². The maximum absolute atomic E-state index is 14.3. The Hall–Kier alpha value is -5.03. The first-order valence-corrected chi connectivity index (χ1v) is 15.9. The number of alkyl halides is 3. The molecule has 2 N–H and O–H groups in total. The number of halogens is 4. The van der Waals surface area contributed by atoms with Crippen LogP contribution in [0.4, 0.5) is 30.4 Å². The van der Waals surface area contributed by atoms with Crippen molar-refractivity contribution >= 4 is 51.8 Å². The highest BCUT2D eigenvalue weighted by atomic mass is 35.5. The van der Waals surface area contributed by atoms with Crippen LogP contribution in [0, 0.1) is 6.92 Å². The van der Waals surface area contributed by atoms with Crippen LogP contribution in [0.15, 0.2) is 35.5 Å². The largest absolute Gasteiger partial charge is 0.504 e. The van der Waals surface area contributed by atoms with Crippen molar-refractivity contribution in [3.63, 3.8) is 0 Å². The van der Waals surface area contributed by atoms with Gasteiger partial charge in [-0.15, -0.1) is 0 Å². The van der Waals surface area contributed by atoms with Crippen LogP contribution in [-0.4, -0.2) is 99.8 Å². The number of piperazine rings is 1. The lowest BCUT2D eigenvalue weighted by atomic mass is 10.1. The Morgan fingerprint density at radius 3 is 2.56 bits per heavy atom. The van der Waals surface area contributed by atoms with Gasteiger partial charge in [0.15, 0.2) is 22.6 Å². The maximum atomic E-state index is 14.3. The fourth-order valence-corrected chi connectivity index (χ4v) is 6.07. The quantitative estimate of drug-likeness (QED) is 0.261. The Labute approximate surface area is 289 Å². The standard InChI is InChI=1S/C32H35ClF3N9O5/c1-6-22-27(43-9-10-44(19(13-43)15-50-5)31(49)26-28(47)17(2)38-16-39-26)29(48)25-30(37-12-23(41-25)42(3)4)45(22)14-24(46)40-21-8-7-18(11-20(21)33)32(34,35)36/h7-8,11-12,16,19,47H,6,9-10,13-15H2,1-5H3,(H,40,46)/t19-/m1/s1. The zero-order chi connectivity index (χ0) is 36.5. The van der Waals surface area contributed by atoms with Crippen molar-refractivity contribution in [3.05, 3.63) is 68.6 Å². The number of anilines is 3. The predicted molar refractivity (Wildman–Crippen MR) is 180 cm³/mol. The molecule has 0 spiro atoms. The molecule has 0 unspecified atom stereocenters. The fourth-order valence-electron chi connectivity index (χ4n) is 5.84. The van der Waals surface area contributed by atoms with E-state index in [-0.39, 0.29) is 83.9 Å². The molecule has 0 radical (unpaired) electrons. The summed E-state index contributed by atoms with van der Waals surface area (Å²) in [4.78, 5) is 63.4. The molecule has 0 bridgehead atoms. The monoisotopic (exact) mass is 717 g/mol. The average Bonchev–Trinajstić information content (AvgIpc) is 3.07.